The van der Waals surface area contributed by atoms with Gasteiger partial charge in [0.1, 0.15) is 5.01 Å². The van der Waals surface area contributed by atoms with Gasteiger partial charge in [-0.15, -0.1) is 22.7 Å². The largest absolute Gasteiger partial charge is 0.319 e. The smallest absolute Gasteiger partial charge is 0.100 e. The zero-order valence-electron chi connectivity index (χ0n) is 10.1. The van der Waals surface area contributed by atoms with E-state index in [1.807, 2.05) is 7.05 Å². The topological polar surface area (TPSA) is 24.9 Å². The summed E-state index contributed by atoms with van der Waals surface area (Å²) in [5, 5.41) is 6.55. The molecular formula is C12H15BrN2S2. The molecular weight excluding hydrogens is 316 g/mol. The number of halogens is 1. The monoisotopic (exact) mass is 330 g/mol. The fourth-order valence-electron chi connectivity index (χ4n) is 1.67. The van der Waals surface area contributed by atoms with Gasteiger partial charge in [0.25, 0.3) is 0 Å². The summed E-state index contributed by atoms with van der Waals surface area (Å²) in [6.07, 6.45) is 0. The van der Waals surface area contributed by atoms with Crippen LogP contribution in [0.1, 0.15) is 18.9 Å². The molecule has 0 aliphatic heterocycles. The number of nitrogens with zero attached hydrogens (tertiary/aromatic N) is 1. The molecule has 0 atom stereocenters. The van der Waals surface area contributed by atoms with Crippen molar-refractivity contribution in [3.8, 4) is 10.6 Å². The summed E-state index contributed by atoms with van der Waals surface area (Å²) in [5.41, 5.74) is 1.18. The molecule has 0 unspecified atom stereocenters. The van der Waals surface area contributed by atoms with Crippen molar-refractivity contribution in [3.63, 3.8) is 0 Å². The van der Waals surface area contributed by atoms with Crippen molar-refractivity contribution in [3.05, 3.63) is 26.3 Å². The van der Waals surface area contributed by atoms with Crippen LogP contribution in [0.25, 0.3) is 10.6 Å². The number of rotatable bonds is 4. The number of hydrogen-bond donors (Lipinski definition) is 1. The maximum absolute atomic E-state index is 4.75. The first-order valence-corrected chi connectivity index (χ1v) is 7.88. The van der Waals surface area contributed by atoms with E-state index in [0.29, 0.717) is 0 Å². The van der Waals surface area contributed by atoms with E-state index in [-0.39, 0.29) is 5.41 Å². The molecule has 2 aromatic rings. The van der Waals surface area contributed by atoms with Crippen molar-refractivity contribution < 1.29 is 0 Å². The lowest BCUT2D eigenvalue weighted by Crippen LogP contribution is -2.30. The van der Waals surface area contributed by atoms with Crippen molar-refractivity contribution in [2.24, 2.45) is 0 Å². The highest BCUT2D eigenvalue weighted by Gasteiger charge is 2.23. The highest BCUT2D eigenvalue weighted by molar-refractivity contribution is 9.11. The number of thiophene rings is 1. The number of nitrogens with one attached hydrogen (secondary N) is 1. The van der Waals surface area contributed by atoms with Gasteiger partial charge in [-0.05, 0) is 35.1 Å². The normalized spacial score (nSPS) is 12.0. The molecule has 0 aliphatic carbocycles. The maximum Gasteiger partial charge on any atom is 0.100 e. The number of likely N-dealkylation sites (N-methyl/N-ethyl adjacent to an activating group) is 1. The van der Waals surface area contributed by atoms with Gasteiger partial charge in [0.2, 0.25) is 0 Å². The Kier molecular flexibility index (Phi) is 4.02. The second kappa shape index (κ2) is 5.18. The Hall–Kier alpha value is -0.230. The van der Waals surface area contributed by atoms with Crippen LogP contribution in [0.15, 0.2) is 21.3 Å². The lowest BCUT2D eigenvalue weighted by molar-refractivity contribution is 0.492. The molecule has 92 valence electrons. The Morgan fingerprint density at radius 1 is 1.41 bits per heavy atom. The molecule has 0 bridgehead atoms. The van der Waals surface area contributed by atoms with Crippen LogP contribution in [-0.2, 0) is 5.41 Å². The van der Waals surface area contributed by atoms with Crippen molar-refractivity contribution in [1.29, 1.82) is 0 Å². The summed E-state index contributed by atoms with van der Waals surface area (Å²) >= 11 is 6.95. The third-order valence-electron chi connectivity index (χ3n) is 2.53. The lowest BCUT2D eigenvalue weighted by atomic mass is 9.95. The molecule has 0 saturated carbocycles. The molecule has 5 heteroatoms. The number of thiazole rings is 1. The fraction of sp³-hybridized carbons (Fsp3) is 0.417. The second-order valence-electron chi connectivity index (χ2n) is 4.56. The first kappa shape index (κ1) is 13.2. The van der Waals surface area contributed by atoms with Gasteiger partial charge in [-0.25, -0.2) is 4.98 Å². The minimum atomic E-state index is 0.0894. The van der Waals surface area contributed by atoms with Gasteiger partial charge in [0.05, 0.1) is 14.4 Å². The Morgan fingerprint density at radius 2 is 2.18 bits per heavy atom. The number of aromatic nitrogens is 1. The van der Waals surface area contributed by atoms with E-state index in [4.69, 9.17) is 4.98 Å². The fourth-order valence-corrected chi connectivity index (χ4v) is 4.03. The molecule has 2 nitrogen and oxygen atoms in total. The zero-order valence-corrected chi connectivity index (χ0v) is 13.3. The highest BCUT2D eigenvalue weighted by atomic mass is 79.9. The molecule has 0 fully saturated rings. The molecule has 0 amide bonds. The van der Waals surface area contributed by atoms with E-state index in [2.05, 4.69) is 52.6 Å². The zero-order chi connectivity index (χ0) is 12.5. The molecule has 0 spiro atoms. The van der Waals surface area contributed by atoms with Crippen LogP contribution in [0.5, 0.6) is 0 Å². The third kappa shape index (κ3) is 2.96. The van der Waals surface area contributed by atoms with Crippen LogP contribution in [-0.4, -0.2) is 18.6 Å². The van der Waals surface area contributed by atoms with E-state index in [0.717, 1.165) is 16.0 Å². The molecule has 2 aromatic heterocycles. The summed E-state index contributed by atoms with van der Waals surface area (Å²) in [6, 6.07) is 4.18. The van der Waals surface area contributed by atoms with Gasteiger partial charge in [0.15, 0.2) is 0 Å². The van der Waals surface area contributed by atoms with Crippen molar-refractivity contribution in [2.45, 2.75) is 19.3 Å². The average molecular weight is 331 g/mol. The quantitative estimate of drug-likeness (QED) is 0.911. The first-order chi connectivity index (χ1) is 8.03. The maximum atomic E-state index is 4.75. The molecule has 0 saturated heterocycles. The summed E-state index contributed by atoms with van der Waals surface area (Å²) in [5.74, 6) is 0. The van der Waals surface area contributed by atoms with Gasteiger partial charge in [0, 0.05) is 17.3 Å². The van der Waals surface area contributed by atoms with Gasteiger partial charge in [-0.1, -0.05) is 13.8 Å². The third-order valence-corrected chi connectivity index (χ3v) is 5.38. The van der Waals surface area contributed by atoms with Gasteiger partial charge >= 0.3 is 0 Å². The molecule has 2 heterocycles. The SMILES string of the molecule is CNCC(C)(C)c1nc(-c2ccc(Br)s2)cs1. The van der Waals surface area contributed by atoms with E-state index in [1.54, 1.807) is 22.7 Å². The Morgan fingerprint density at radius 3 is 2.76 bits per heavy atom. The summed E-state index contributed by atoms with van der Waals surface area (Å²) in [4.78, 5) is 5.97. The van der Waals surface area contributed by atoms with Gasteiger partial charge < -0.3 is 5.32 Å². The van der Waals surface area contributed by atoms with Crippen molar-refractivity contribution >= 4 is 38.6 Å². The van der Waals surface area contributed by atoms with Crippen LogP contribution < -0.4 is 5.32 Å². The summed E-state index contributed by atoms with van der Waals surface area (Å²) < 4.78 is 1.15. The predicted molar refractivity (Wildman–Crippen MR) is 80.1 cm³/mol. The van der Waals surface area contributed by atoms with Crippen LogP contribution in [0.4, 0.5) is 0 Å². The van der Waals surface area contributed by atoms with E-state index >= 15 is 0 Å². The molecule has 17 heavy (non-hydrogen) atoms. The predicted octanol–water partition coefficient (Wildman–Crippen LogP) is 4.13. The molecule has 0 radical (unpaired) electrons. The van der Waals surface area contributed by atoms with Gasteiger partial charge in [-0.3, -0.25) is 0 Å². The molecule has 0 aromatic carbocycles. The van der Waals surface area contributed by atoms with E-state index in [9.17, 15) is 0 Å². The first-order valence-electron chi connectivity index (χ1n) is 5.39. The molecule has 1 N–H and O–H groups in total. The van der Waals surface area contributed by atoms with Crippen LogP contribution in [0, 0.1) is 0 Å². The van der Waals surface area contributed by atoms with Gasteiger partial charge in [-0.2, -0.15) is 0 Å². The summed E-state index contributed by atoms with van der Waals surface area (Å²) in [7, 11) is 1.98. The Labute approximate surface area is 118 Å². The average Bonchev–Trinajstić information content (AvgIpc) is 2.85. The minimum absolute atomic E-state index is 0.0894. The number of hydrogen-bond acceptors (Lipinski definition) is 4. The van der Waals surface area contributed by atoms with Crippen LogP contribution >= 0.6 is 38.6 Å². The van der Waals surface area contributed by atoms with Crippen molar-refractivity contribution in [2.75, 3.05) is 13.6 Å². The Bertz CT molecular complexity index is 502. The van der Waals surface area contributed by atoms with E-state index in [1.165, 1.54) is 9.88 Å². The standard InChI is InChI=1S/C12H15BrN2S2/c1-12(2,7-14-3)11-15-8(6-16-11)9-4-5-10(13)17-9/h4-6,14H,7H2,1-3H3. The lowest BCUT2D eigenvalue weighted by Gasteiger charge is -2.20. The van der Waals surface area contributed by atoms with E-state index < -0.39 is 0 Å². The second-order valence-corrected chi connectivity index (χ2v) is 7.88. The molecule has 2 rings (SSSR count). The Balaban J connectivity index is 2.27. The minimum Gasteiger partial charge on any atom is -0.319 e. The molecule has 0 aliphatic rings. The van der Waals surface area contributed by atoms with Crippen LogP contribution in [0.3, 0.4) is 0 Å². The summed E-state index contributed by atoms with van der Waals surface area (Å²) in [6.45, 7) is 5.38. The highest BCUT2D eigenvalue weighted by Crippen LogP contribution is 2.34. The van der Waals surface area contributed by atoms with Crippen molar-refractivity contribution in [1.82, 2.24) is 10.3 Å². The van der Waals surface area contributed by atoms with Crippen LogP contribution in [0.2, 0.25) is 0 Å².